The van der Waals surface area contributed by atoms with E-state index in [0.29, 0.717) is 19.3 Å². The molecule has 100 valence electrons. The van der Waals surface area contributed by atoms with Crippen molar-refractivity contribution in [2.24, 2.45) is 5.92 Å². The van der Waals surface area contributed by atoms with Crippen LogP contribution in [0.1, 0.15) is 26.2 Å². The number of hydrogen-bond donors (Lipinski definition) is 1. The molecule has 0 amide bonds. The van der Waals surface area contributed by atoms with Gasteiger partial charge in [-0.25, -0.2) is 0 Å². The molecule has 1 aliphatic carbocycles. The predicted molar refractivity (Wildman–Crippen MR) is 74.2 cm³/mol. The smallest absolute Gasteiger partial charge is 0.121 e. The Bertz CT molecular complexity index is 363. The summed E-state index contributed by atoms with van der Waals surface area (Å²) in [5, 5.41) is 3.61. The molecule has 1 fully saturated rings. The number of methoxy groups -OCH3 is 1. The molecule has 0 saturated heterocycles. The zero-order chi connectivity index (χ0) is 12.8. The lowest BCUT2D eigenvalue weighted by Gasteiger charge is -2.18. The standard InChI is InChI=1S/C15H23NO2/c1-3-15(12-7-8-12)16-13-5-4-6-14(11-13)18-10-9-17-2/h4-6,11-12,15-16H,3,7-10H2,1-2H3. The van der Waals surface area contributed by atoms with Gasteiger partial charge in [0.2, 0.25) is 0 Å². The molecule has 3 heteroatoms. The van der Waals surface area contributed by atoms with Gasteiger partial charge in [-0.3, -0.25) is 0 Å². The molecular weight excluding hydrogens is 226 g/mol. The van der Waals surface area contributed by atoms with Gasteiger partial charge < -0.3 is 14.8 Å². The van der Waals surface area contributed by atoms with E-state index in [9.17, 15) is 0 Å². The summed E-state index contributed by atoms with van der Waals surface area (Å²) < 4.78 is 10.6. The number of hydrogen-bond acceptors (Lipinski definition) is 3. The third-order valence-corrected chi connectivity index (χ3v) is 3.37. The van der Waals surface area contributed by atoms with Crippen LogP contribution in [0.15, 0.2) is 24.3 Å². The van der Waals surface area contributed by atoms with Crippen molar-refractivity contribution in [1.82, 2.24) is 0 Å². The first-order valence-electron chi connectivity index (χ1n) is 6.81. The van der Waals surface area contributed by atoms with Crippen LogP contribution in [0, 0.1) is 5.92 Å². The summed E-state index contributed by atoms with van der Waals surface area (Å²) in [5.41, 5.74) is 1.16. The second-order valence-corrected chi connectivity index (χ2v) is 4.87. The molecule has 1 N–H and O–H groups in total. The van der Waals surface area contributed by atoms with Crippen molar-refractivity contribution in [3.05, 3.63) is 24.3 Å². The number of rotatable bonds is 8. The number of anilines is 1. The lowest BCUT2D eigenvalue weighted by molar-refractivity contribution is 0.146. The SMILES string of the molecule is CCC(Nc1cccc(OCCOC)c1)C1CC1. The molecule has 0 radical (unpaired) electrons. The van der Waals surface area contributed by atoms with Crippen molar-refractivity contribution in [2.45, 2.75) is 32.2 Å². The van der Waals surface area contributed by atoms with Crippen molar-refractivity contribution in [3.63, 3.8) is 0 Å². The van der Waals surface area contributed by atoms with E-state index in [2.05, 4.69) is 24.4 Å². The predicted octanol–water partition coefficient (Wildman–Crippen LogP) is 3.31. The Morgan fingerprint density at radius 3 is 2.83 bits per heavy atom. The maximum atomic E-state index is 5.61. The van der Waals surface area contributed by atoms with E-state index in [1.54, 1.807) is 7.11 Å². The third kappa shape index (κ3) is 3.91. The Kier molecular flexibility index (Phi) is 4.88. The summed E-state index contributed by atoms with van der Waals surface area (Å²) in [6.45, 7) is 3.46. The first-order valence-corrected chi connectivity index (χ1v) is 6.81. The van der Waals surface area contributed by atoms with E-state index in [4.69, 9.17) is 9.47 Å². The van der Waals surface area contributed by atoms with Crippen LogP contribution in [0.25, 0.3) is 0 Å². The lowest BCUT2D eigenvalue weighted by atomic mass is 10.1. The lowest BCUT2D eigenvalue weighted by Crippen LogP contribution is -2.20. The van der Waals surface area contributed by atoms with Crippen molar-refractivity contribution in [3.8, 4) is 5.75 Å². The molecule has 1 atom stereocenters. The van der Waals surface area contributed by atoms with Crippen molar-refractivity contribution >= 4 is 5.69 Å². The first kappa shape index (κ1) is 13.2. The summed E-state index contributed by atoms with van der Waals surface area (Å²) in [6, 6.07) is 8.80. The zero-order valence-electron chi connectivity index (χ0n) is 11.3. The molecule has 0 aromatic heterocycles. The van der Waals surface area contributed by atoms with Crippen LogP contribution >= 0.6 is 0 Å². The van der Waals surface area contributed by atoms with Gasteiger partial charge in [-0.05, 0) is 37.3 Å². The molecule has 18 heavy (non-hydrogen) atoms. The van der Waals surface area contributed by atoms with Gasteiger partial charge in [0.1, 0.15) is 12.4 Å². The van der Waals surface area contributed by atoms with E-state index < -0.39 is 0 Å². The normalized spacial score (nSPS) is 16.3. The first-order chi connectivity index (χ1) is 8.83. The molecule has 1 aliphatic rings. The van der Waals surface area contributed by atoms with Gasteiger partial charge in [-0.1, -0.05) is 13.0 Å². The maximum Gasteiger partial charge on any atom is 0.121 e. The van der Waals surface area contributed by atoms with Crippen LogP contribution in [-0.2, 0) is 4.74 Å². The Morgan fingerprint density at radius 2 is 2.17 bits per heavy atom. The van der Waals surface area contributed by atoms with Gasteiger partial charge in [-0.2, -0.15) is 0 Å². The summed E-state index contributed by atoms with van der Waals surface area (Å²) >= 11 is 0. The van der Waals surface area contributed by atoms with Gasteiger partial charge in [0.05, 0.1) is 6.61 Å². The molecule has 1 unspecified atom stereocenters. The van der Waals surface area contributed by atoms with Crippen LogP contribution < -0.4 is 10.1 Å². The second-order valence-electron chi connectivity index (χ2n) is 4.87. The van der Waals surface area contributed by atoms with Crippen LogP contribution in [0.2, 0.25) is 0 Å². The number of benzene rings is 1. The number of nitrogens with one attached hydrogen (secondary N) is 1. The fraction of sp³-hybridized carbons (Fsp3) is 0.600. The maximum absolute atomic E-state index is 5.61. The van der Waals surface area contributed by atoms with Crippen LogP contribution in [0.4, 0.5) is 5.69 Å². The third-order valence-electron chi connectivity index (χ3n) is 3.37. The highest BCUT2D eigenvalue weighted by Gasteiger charge is 2.29. The summed E-state index contributed by atoms with van der Waals surface area (Å²) in [6.07, 6.45) is 3.92. The summed E-state index contributed by atoms with van der Waals surface area (Å²) in [5.74, 6) is 1.77. The van der Waals surface area contributed by atoms with E-state index in [0.717, 1.165) is 17.4 Å². The summed E-state index contributed by atoms with van der Waals surface area (Å²) in [7, 11) is 1.68. The quantitative estimate of drug-likeness (QED) is 0.717. The molecule has 1 saturated carbocycles. The Morgan fingerprint density at radius 1 is 1.33 bits per heavy atom. The Balaban J connectivity index is 1.89. The fourth-order valence-corrected chi connectivity index (χ4v) is 2.18. The molecule has 3 nitrogen and oxygen atoms in total. The van der Waals surface area contributed by atoms with Gasteiger partial charge in [0.15, 0.2) is 0 Å². The van der Waals surface area contributed by atoms with Gasteiger partial charge in [0.25, 0.3) is 0 Å². The molecule has 1 aromatic carbocycles. The molecule has 0 spiro atoms. The average Bonchev–Trinajstić information content (AvgIpc) is 3.21. The minimum Gasteiger partial charge on any atom is -0.491 e. The minimum absolute atomic E-state index is 0.597. The molecular formula is C15H23NO2. The summed E-state index contributed by atoms with van der Waals surface area (Å²) in [4.78, 5) is 0. The van der Waals surface area contributed by atoms with Crippen molar-refractivity contribution < 1.29 is 9.47 Å². The van der Waals surface area contributed by atoms with E-state index in [-0.39, 0.29) is 0 Å². The zero-order valence-corrected chi connectivity index (χ0v) is 11.3. The van der Waals surface area contributed by atoms with E-state index in [1.807, 2.05) is 12.1 Å². The van der Waals surface area contributed by atoms with E-state index >= 15 is 0 Å². The monoisotopic (exact) mass is 249 g/mol. The topological polar surface area (TPSA) is 30.5 Å². The molecule has 0 heterocycles. The molecule has 0 aliphatic heterocycles. The van der Waals surface area contributed by atoms with Crippen LogP contribution in [-0.4, -0.2) is 26.4 Å². The second kappa shape index (κ2) is 6.64. The minimum atomic E-state index is 0.597. The highest BCUT2D eigenvalue weighted by molar-refractivity contribution is 5.49. The van der Waals surface area contributed by atoms with Crippen LogP contribution in [0.3, 0.4) is 0 Å². The van der Waals surface area contributed by atoms with Crippen LogP contribution in [0.5, 0.6) is 5.75 Å². The van der Waals surface area contributed by atoms with Gasteiger partial charge in [0, 0.05) is 24.9 Å². The fourth-order valence-electron chi connectivity index (χ4n) is 2.18. The van der Waals surface area contributed by atoms with Crippen molar-refractivity contribution in [1.29, 1.82) is 0 Å². The highest BCUT2D eigenvalue weighted by Crippen LogP contribution is 2.35. The Labute approximate surface area is 109 Å². The van der Waals surface area contributed by atoms with E-state index in [1.165, 1.54) is 19.3 Å². The molecule has 0 bridgehead atoms. The number of ether oxygens (including phenoxy) is 2. The Hall–Kier alpha value is -1.22. The largest absolute Gasteiger partial charge is 0.491 e. The van der Waals surface area contributed by atoms with Crippen molar-refractivity contribution in [2.75, 3.05) is 25.6 Å². The molecule has 1 aromatic rings. The van der Waals surface area contributed by atoms with Gasteiger partial charge in [-0.15, -0.1) is 0 Å². The molecule has 2 rings (SSSR count). The highest BCUT2D eigenvalue weighted by atomic mass is 16.5. The van der Waals surface area contributed by atoms with Gasteiger partial charge >= 0.3 is 0 Å². The average molecular weight is 249 g/mol.